The van der Waals surface area contributed by atoms with Crippen molar-refractivity contribution in [2.24, 2.45) is 0 Å². The lowest BCUT2D eigenvalue weighted by Crippen LogP contribution is -2.49. The van der Waals surface area contributed by atoms with Crippen molar-refractivity contribution >= 4 is 59.1 Å². The third-order valence-electron chi connectivity index (χ3n) is 15.1. The predicted octanol–water partition coefficient (Wildman–Crippen LogP) is -1.55. The molecule has 89 heavy (non-hydrogen) atoms. The van der Waals surface area contributed by atoms with Crippen LogP contribution in [0.3, 0.4) is 0 Å². The van der Waals surface area contributed by atoms with Gasteiger partial charge in [0.05, 0.1) is 44.5 Å². The van der Waals surface area contributed by atoms with Crippen molar-refractivity contribution in [2.75, 3.05) is 144 Å². The molecule has 4 heterocycles. The SMILES string of the molecule is O=C(O)COCC(=O)NCCCCC1CN2CCNC(=O)c3cccc(c3O)C(=O)NCCN(CCNC(=O)c3cccc(c3O)C(=O)N1)CCN1CCNC(=O)c3cccc(c3O)C(=O)NCCN(CCNC(=O)c3cccc(c3O)C(=O)NCC1)CC2. The Hall–Kier alpha value is -9.42. The molecule has 4 aliphatic heterocycles. The Morgan fingerprint density at radius 3 is 0.989 bits per heavy atom. The van der Waals surface area contributed by atoms with E-state index < -0.39 is 101 Å². The van der Waals surface area contributed by atoms with Crippen LogP contribution in [0.4, 0.5) is 0 Å². The third-order valence-corrected chi connectivity index (χ3v) is 15.1. The Labute approximate surface area is 512 Å². The molecule has 0 saturated carbocycles. The lowest BCUT2D eigenvalue weighted by molar-refractivity contribution is -0.143. The number of rotatable bonds is 9. The summed E-state index contributed by atoms with van der Waals surface area (Å²) in [4.78, 5) is 142. The molecule has 0 aliphatic carbocycles. The van der Waals surface area contributed by atoms with E-state index in [2.05, 4.69) is 47.9 Å². The first-order chi connectivity index (χ1) is 42.9. The summed E-state index contributed by atoms with van der Waals surface area (Å²) in [5.74, 6) is -9.66. The number of nitrogens with zero attached hydrogens (tertiary/aromatic N) is 4. The third kappa shape index (κ3) is 19.8. The van der Waals surface area contributed by atoms with Crippen LogP contribution >= 0.6 is 0 Å². The molecule has 0 aromatic heterocycles. The van der Waals surface area contributed by atoms with Gasteiger partial charge in [-0.25, -0.2) is 4.79 Å². The van der Waals surface area contributed by atoms with Crippen molar-refractivity contribution in [3.63, 3.8) is 0 Å². The van der Waals surface area contributed by atoms with E-state index in [4.69, 9.17) is 9.84 Å². The molecular weight excluding hydrogens is 1160 g/mol. The molecule has 0 fully saturated rings. The highest BCUT2D eigenvalue weighted by atomic mass is 16.5. The van der Waals surface area contributed by atoms with Gasteiger partial charge in [0.25, 0.3) is 47.3 Å². The molecule has 29 nitrogen and oxygen atoms in total. The number of fused-ring (bicyclic) bond motifs is 16. The second-order valence-electron chi connectivity index (χ2n) is 21.3. The maximum absolute atomic E-state index is 14.4. The second kappa shape index (κ2) is 33.6. The van der Waals surface area contributed by atoms with E-state index in [1.807, 2.05) is 19.6 Å². The lowest BCUT2D eigenvalue weighted by atomic mass is 10.0. The van der Waals surface area contributed by atoms with E-state index in [0.717, 1.165) is 0 Å². The molecule has 4 aliphatic rings. The van der Waals surface area contributed by atoms with Gasteiger partial charge in [0.2, 0.25) is 5.91 Å². The summed E-state index contributed by atoms with van der Waals surface area (Å²) in [5, 5.41) is 80.1. The van der Waals surface area contributed by atoms with Crippen molar-refractivity contribution in [3.8, 4) is 23.0 Å². The number of carbonyl (C=O) groups excluding carboxylic acids is 9. The average Bonchev–Trinajstić information content (AvgIpc) is 2.32. The number of nitrogens with one attached hydrogen (secondary N) is 9. The number of amides is 9. The summed E-state index contributed by atoms with van der Waals surface area (Å²) in [6.45, 7) is 0.540. The maximum atomic E-state index is 14.4. The number of benzene rings is 4. The lowest BCUT2D eigenvalue weighted by Gasteiger charge is -2.31. The Balaban J connectivity index is 1.30. The minimum Gasteiger partial charge on any atom is -0.506 e. The summed E-state index contributed by atoms with van der Waals surface area (Å²) < 4.78 is 4.89. The number of para-hydroxylation sites is 4. The Bertz CT molecular complexity index is 3130. The molecule has 8 rings (SSSR count). The maximum Gasteiger partial charge on any atom is 0.329 e. The van der Waals surface area contributed by atoms with Gasteiger partial charge in [-0.05, 0) is 67.8 Å². The van der Waals surface area contributed by atoms with Gasteiger partial charge in [-0.15, -0.1) is 0 Å². The van der Waals surface area contributed by atoms with Gasteiger partial charge in [-0.3, -0.25) is 62.8 Å². The Kier molecular flexibility index (Phi) is 25.4. The smallest absolute Gasteiger partial charge is 0.329 e. The zero-order valence-electron chi connectivity index (χ0n) is 49.2. The molecule has 4 aromatic rings. The van der Waals surface area contributed by atoms with Crippen molar-refractivity contribution < 1.29 is 78.2 Å². The number of carboxylic acid groups (broad SMARTS) is 1. The number of hydrogen-bond donors (Lipinski definition) is 14. The van der Waals surface area contributed by atoms with Crippen LogP contribution < -0.4 is 47.9 Å². The summed E-state index contributed by atoms with van der Waals surface area (Å²) in [7, 11) is 0. The highest BCUT2D eigenvalue weighted by Gasteiger charge is 2.27. The van der Waals surface area contributed by atoms with E-state index in [1.165, 1.54) is 72.8 Å². The number of carboxylic acids is 1. The van der Waals surface area contributed by atoms with E-state index in [-0.39, 0.29) is 182 Å². The predicted molar refractivity (Wildman–Crippen MR) is 321 cm³/mol. The van der Waals surface area contributed by atoms with Crippen molar-refractivity contribution in [1.82, 2.24) is 67.5 Å². The average molecular weight is 1240 g/mol. The molecule has 3 atom stereocenters. The van der Waals surface area contributed by atoms with Crippen LogP contribution in [0.25, 0.3) is 0 Å². The molecule has 0 radical (unpaired) electrons. The van der Waals surface area contributed by atoms with Gasteiger partial charge in [0.15, 0.2) is 0 Å². The summed E-state index contributed by atoms with van der Waals surface area (Å²) >= 11 is 0. The topological polar surface area (TPSA) is 402 Å². The number of carbonyl (C=O) groups is 10. The van der Waals surface area contributed by atoms with Crippen LogP contribution in [-0.4, -0.2) is 254 Å². The van der Waals surface area contributed by atoms with Gasteiger partial charge in [-0.2, -0.15) is 0 Å². The summed E-state index contributed by atoms with van der Waals surface area (Å²) in [5.41, 5.74) is -1.47. The number of ether oxygens (including phenoxy) is 1. The van der Waals surface area contributed by atoms with Gasteiger partial charge in [0.1, 0.15) is 36.2 Å². The first-order valence-electron chi connectivity index (χ1n) is 29.4. The molecule has 3 unspecified atom stereocenters. The first-order valence-corrected chi connectivity index (χ1v) is 29.4. The van der Waals surface area contributed by atoms with E-state index in [0.29, 0.717) is 12.8 Å². The number of unbranched alkanes of at least 4 members (excludes halogenated alkanes) is 1. The van der Waals surface area contributed by atoms with Gasteiger partial charge in [-0.1, -0.05) is 24.3 Å². The van der Waals surface area contributed by atoms with Crippen molar-refractivity contribution in [3.05, 3.63) is 117 Å². The molecule has 14 N–H and O–H groups in total. The molecule has 12 bridgehead atoms. The highest BCUT2D eigenvalue weighted by molar-refractivity contribution is 6.06. The van der Waals surface area contributed by atoms with Gasteiger partial charge < -0.3 is 78.1 Å². The minimum atomic E-state index is -1.24. The first kappa shape index (κ1) is 67.1. The monoisotopic (exact) mass is 1240 g/mol. The molecular formula is C60H77N13O16. The number of aliphatic carboxylic acids is 1. The number of phenols is 4. The van der Waals surface area contributed by atoms with Crippen LogP contribution in [0.5, 0.6) is 23.0 Å². The van der Waals surface area contributed by atoms with Gasteiger partial charge in [0, 0.05) is 137 Å². The fourth-order valence-electron chi connectivity index (χ4n) is 10.3. The van der Waals surface area contributed by atoms with Crippen LogP contribution in [0.2, 0.25) is 0 Å². The zero-order valence-corrected chi connectivity index (χ0v) is 49.2. The van der Waals surface area contributed by atoms with Crippen LogP contribution in [-0.2, 0) is 14.3 Å². The minimum absolute atomic E-state index is 0.000899. The fourth-order valence-corrected chi connectivity index (χ4v) is 10.3. The fraction of sp³-hybridized carbons (Fsp3) is 0.433. The van der Waals surface area contributed by atoms with E-state index in [9.17, 15) is 68.4 Å². The van der Waals surface area contributed by atoms with Crippen LogP contribution in [0.1, 0.15) is 102 Å². The Morgan fingerprint density at radius 2 is 0.685 bits per heavy atom. The summed E-state index contributed by atoms with van der Waals surface area (Å²) in [6.07, 6.45) is 1.02. The number of phenolic OH excluding ortho intramolecular Hbond substituents is 4. The van der Waals surface area contributed by atoms with Gasteiger partial charge >= 0.3 is 5.97 Å². The standard InChI is InChI=1S/C60H77N13O16/c74-47(36-89-37-48(75)76)61-16-2-1-7-38-35-73-30-23-68-58(86)44-13-5-12-43(51(44)79)55(83)64-19-26-71(27-20-67-59(87)45-14-6-15-46(52(45)80)60(88)69-38)32-31-70-24-17-62-53(81)39-8-3-10-41(49(39)77)56(84)65-21-28-72(33-34-73)29-22-66-57(85)42-11-4-9-40(50(42)78)54(82)63-18-25-70/h3-6,8-15,38,77-80H,1-2,7,16-37H2,(H,61,74)(H,62,81)(H,63,82)(H,64,83)(H,65,84)(H,66,85)(H,67,87)(H,68,86)(H,69,88)(H,75,76). The molecule has 478 valence electrons. The van der Waals surface area contributed by atoms with Crippen molar-refractivity contribution in [2.45, 2.75) is 25.3 Å². The molecule has 29 heteroatoms. The zero-order chi connectivity index (χ0) is 63.8. The number of aromatic hydroxyl groups is 4. The summed E-state index contributed by atoms with van der Waals surface area (Å²) in [6, 6.07) is 16.0. The molecule has 4 aromatic carbocycles. The molecule has 0 spiro atoms. The largest absolute Gasteiger partial charge is 0.506 e. The van der Waals surface area contributed by atoms with E-state index in [1.54, 1.807) is 0 Å². The quantitative estimate of drug-likeness (QED) is 0.0844. The molecule has 0 saturated heterocycles. The van der Waals surface area contributed by atoms with E-state index >= 15 is 0 Å². The van der Waals surface area contributed by atoms with Crippen LogP contribution in [0.15, 0.2) is 72.8 Å². The number of hydrogen-bond acceptors (Lipinski definition) is 19. The van der Waals surface area contributed by atoms with Crippen LogP contribution in [0, 0.1) is 0 Å². The normalized spacial score (nSPS) is 21.1. The second-order valence-corrected chi connectivity index (χ2v) is 21.3. The highest BCUT2D eigenvalue weighted by Crippen LogP contribution is 2.26. The van der Waals surface area contributed by atoms with Crippen molar-refractivity contribution in [1.29, 1.82) is 0 Å². The molecule has 9 amide bonds. The Morgan fingerprint density at radius 1 is 0.404 bits per heavy atom.